The van der Waals surface area contributed by atoms with Crippen LogP contribution in [0.15, 0.2) is 24.3 Å². The number of halogens is 1. The first kappa shape index (κ1) is 11.1. The third-order valence-corrected chi connectivity index (χ3v) is 4.01. The van der Waals surface area contributed by atoms with Gasteiger partial charge in [-0.25, -0.2) is 0 Å². The van der Waals surface area contributed by atoms with Crippen LogP contribution in [0.5, 0.6) is 0 Å². The van der Waals surface area contributed by atoms with Gasteiger partial charge >= 0.3 is 0 Å². The molecule has 0 N–H and O–H groups in total. The molecule has 3 nitrogen and oxygen atoms in total. The first-order valence-electron chi connectivity index (χ1n) is 5.58. The summed E-state index contributed by atoms with van der Waals surface area (Å²) in [6.07, 6.45) is 1.11. The van der Waals surface area contributed by atoms with Crippen LogP contribution in [-0.4, -0.2) is 21.6 Å². The zero-order chi connectivity index (χ0) is 11.7. The van der Waals surface area contributed by atoms with Crippen LogP contribution in [0.4, 0.5) is 0 Å². The Labute approximate surface area is 109 Å². The van der Waals surface area contributed by atoms with Crippen LogP contribution in [0.2, 0.25) is 4.47 Å². The average molecular weight is 266 g/mol. The predicted molar refractivity (Wildman–Crippen MR) is 69.2 cm³/mol. The van der Waals surface area contributed by atoms with Crippen LogP contribution >= 0.6 is 22.9 Å². The quantitative estimate of drug-likeness (QED) is 0.836. The summed E-state index contributed by atoms with van der Waals surface area (Å²) in [5.74, 6) is 0. The SMILES string of the molecule is Clc1nnc(CN2CCc3ccccc3C2)s1. The van der Waals surface area contributed by atoms with Crippen molar-refractivity contribution in [2.24, 2.45) is 0 Å². The maximum Gasteiger partial charge on any atom is 0.207 e. The van der Waals surface area contributed by atoms with E-state index in [0.717, 1.165) is 31.1 Å². The largest absolute Gasteiger partial charge is 0.292 e. The molecule has 0 radical (unpaired) electrons. The number of aromatic nitrogens is 2. The maximum absolute atomic E-state index is 5.79. The van der Waals surface area contributed by atoms with Crippen LogP contribution in [0, 0.1) is 0 Å². The third kappa shape index (κ3) is 2.49. The lowest BCUT2D eigenvalue weighted by Gasteiger charge is -2.27. The maximum atomic E-state index is 5.79. The molecule has 0 fully saturated rings. The van der Waals surface area contributed by atoms with Crippen LogP contribution in [0.1, 0.15) is 16.1 Å². The Morgan fingerprint density at radius 3 is 2.82 bits per heavy atom. The Morgan fingerprint density at radius 1 is 1.24 bits per heavy atom. The average Bonchev–Trinajstić information content (AvgIpc) is 2.75. The fourth-order valence-electron chi connectivity index (χ4n) is 2.18. The van der Waals surface area contributed by atoms with Crippen LogP contribution in [-0.2, 0) is 19.5 Å². The Kier molecular flexibility index (Phi) is 3.09. The molecule has 0 saturated heterocycles. The molecule has 1 aliphatic rings. The second-order valence-electron chi connectivity index (χ2n) is 4.18. The minimum atomic E-state index is 0.525. The summed E-state index contributed by atoms with van der Waals surface area (Å²) >= 11 is 7.25. The van der Waals surface area contributed by atoms with E-state index in [-0.39, 0.29) is 0 Å². The van der Waals surface area contributed by atoms with Gasteiger partial charge in [-0.15, -0.1) is 10.2 Å². The summed E-state index contributed by atoms with van der Waals surface area (Å²) in [7, 11) is 0. The Morgan fingerprint density at radius 2 is 2.06 bits per heavy atom. The summed E-state index contributed by atoms with van der Waals surface area (Å²) in [5, 5.41) is 8.89. The van der Waals surface area contributed by atoms with Gasteiger partial charge in [0.15, 0.2) is 0 Å². The molecular formula is C12H12ClN3S. The van der Waals surface area contributed by atoms with E-state index in [0.29, 0.717) is 4.47 Å². The first-order chi connectivity index (χ1) is 8.31. The number of nitrogens with zero attached hydrogens (tertiary/aromatic N) is 3. The summed E-state index contributed by atoms with van der Waals surface area (Å²) in [6.45, 7) is 2.92. The van der Waals surface area contributed by atoms with Gasteiger partial charge in [-0.05, 0) is 29.1 Å². The predicted octanol–water partition coefficient (Wildman–Crippen LogP) is 2.75. The molecule has 0 saturated carbocycles. The molecule has 0 amide bonds. The third-order valence-electron chi connectivity index (χ3n) is 3.01. The minimum Gasteiger partial charge on any atom is -0.292 e. The normalized spacial score (nSPS) is 15.8. The van der Waals surface area contributed by atoms with Gasteiger partial charge in [-0.3, -0.25) is 4.90 Å². The minimum absolute atomic E-state index is 0.525. The summed E-state index contributed by atoms with van der Waals surface area (Å²) in [5.41, 5.74) is 2.90. The molecule has 0 aliphatic carbocycles. The molecule has 2 heterocycles. The molecule has 17 heavy (non-hydrogen) atoms. The van der Waals surface area contributed by atoms with Crippen molar-refractivity contribution < 1.29 is 0 Å². The number of fused-ring (bicyclic) bond motifs is 1. The van der Waals surface area contributed by atoms with E-state index in [1.54, 1.807) is 0 Å². The highest BCUT2D eigenvalue weighted by Crippen LogP contribution is 2.22. The molecule has 3 rings (SSSR count). The van der Waals surface area contributed by atoms with E-state index < -0.39 is 0 Å². The van der Waals surface area contributed by atoms with Gasteiger partial charge in [0, 0.05) is 13.1 Å². The fourth-order valence-corrected chi connectivity index (χ4v) is 3.09. The Bertz CT molecular complexity index is 526. The molecule has 2 aromatic rings. The lowest BCUT2D eigenvalue weighted by Crippen LogP contribution is -2.29. The molecule has 0 atom stereocenters. The highest BCUT2D eigenvalue weighted by Gasteiger charge is 2.17. The monoisotopic (exact) mass is 265 g/mol. The standard InChI is InChI=1S/C12H12ClN3S/c13-12-15-14-11(17-12)8-16-6-5-9-3-1-2-4-10(9)7-16/h1-4H,5-8H2. The van der Waals surface area contributed by atoms with Crippen molar-refractivity contribution in [1.29, 1.82) is 0 Å². The smallest absolute Gasteiger partial charge is 0.207 e. The number of benzene rings is 1. The van der Waals surface area contributed by atoms with Crippen molar-refractivity contribution in [3.63, 3.8) is 0 Å². The fraction of sp³-hybridized carbons (Fsp3) is 0.333. The van der Waals surface area contributed by atoms with Gasteiger partial charge in [0.05, 0.1) is 6.54 Å². The van der Waals surface area contributed by atoms with Crippen molar-refractivity contribution in [2.75, 3.05) is 6.54 Å². The highest BCUT2D eigenvalue weighted by molar-refractivity contribution is 7.15. The van der Waals surface area contributed by atoms with Crippen molar-refractivity contribution in [3.05, 3.63) is 44.9 Å². The number of hydrogen-bond acceptors (Lipinski definition) is 4. The van der Waals surface area contributed by atoms with Crippen molar-refractivity contribution in [3.8, 4) is 0 Å². The van der Waals surface area contributed by atoms with E-state index in [4.69, 9.17) is 11.6 Å². The molecular weight excluding hydrogens is 254 g/mol. The summed E-state index contributed by atoms with van der Waals surface area (Å²) in [4.78, 5) is 2.39. The molecule has 1 aromatic heterocycles. The second-order valence-corrected chi connectivity index (χ2v) is 5.82. The van der Waals surface area contributed by atoms with Crippen LogP contribution in [0.25, 0.3) is 0 Å². The molecule has 1 aliphatic heterocycles. The van der Waals surface area contributed by atoms with Gasteiger partial charge in [0.1, 0.15) is 5.01 Å². The van der Waals surface area contributed by atoms with Crippen molar-refractivity contribution in [1.82, 2.24) is 15.1 Å². The number of hydrogen-bond donors (Lipinski definition) is 0. The van der Waals surface area contributed by atoms with Crippen LogP contribution < -0.4 is 0 Å². The number of rotatable bonds is 2. The van der Waals surface area contributed by atoms with E-state index in [9.17, 15) is 0 Å². The van der Waals surface area contributed by atoms with E-state index in [2.05, 4.69) is 39.4 Å². The van der Waals surface area contributed by atoms with Crippen molar-refractivity contribution in [2.45, 2.75) is 19.5 Å². The lowest BCUT2D eigenvalue weighted by atomic mass is 10.0. The second kappa shape index (κ2) is 4.72. The van der Waals surface area contributed by atoms with Crippen LogP contribution in [0.3, 0.4) is 0 Å². The molecule has 0 bridgehead atoms. The first-order valence-corrected chi connectivity index (χ1v) is 6.78. The lowest BCUT2D eigenvalue weighted by molar-refractivity contribution is 0.244. The molecule has 0 unspecified atom stereocenters. The zero-order valence-electron chi connectivity index (χ0n) is 9.27. The summed E-state index contributed by atoms with van der Waals surface area (Å²) in [6, 6.07) is 8.63. The summed E-state index contributed by atoms with van der Waals surface area (Å²) < 4.78 is 0.525. The molecule has 0 spiro atoms. The molecule has 1 aromatic carbocycles. The van der Waals surface area contributed by atoms with Gasteiger partial charge < -0.3 is 0 Å². The van der Waals surface area contributed by atoms with Gasteiger partial charge in [-0.2, -0.15) is 0 Å². The topological polar surface area (TPSA) is 29.0 Å². The highest BCUT2D eigenvalue weighted by atomic mass is 35.5. The van der Waals surface area contributed by atoms with Gasteiger partial charge in [-0.1, -0.05) is 35.6 Å². The zero-order valence-corrected chi connectivity index (χ0v) is 10.8. The van der Waals surface area contributed by atoms with Crippen molar-refractivity contribution >= 4 is 22.9 Å². The van der Waals surface area contributed by atoms with Gasteiger partial charge in [0.25, 0.3) is 0 Å². The Balaban J connectivity index is 1.72. The van der Waals surface area contributed by atoms with Gasteiger partial charge in [0.2, 0.25) is 4.47 Å². The Hall–Kier alpha value is -0.970. The van der Waals surface area contributed by atoms with E-state index >= 15 is 0 Å². The molecule has 88 valence electrons. The van der Waals surface area contributed by atoms with E-state index in [1.165, 1.54) is 22.5 Å². The molecule has 5 heteroatoms. The van der Waals surface area contributed by atoms with E-state index in [1.807, 2.05) is 0 Å².